The predicted octanol–water partition coefficient (Wildman–Crippen LogP) is 2.80. The second-order valence-corrected chi connectivity index (χ2v) is 8.41. The molecule has 0 aromatic heterocycles. The molecule has 1 atom stereocenters. The summed E-state index contributed by atoms with van der Waals surface area (Å²) in [7, 11) is 1.52. The Morgan fingerprint density at radius 1 is 1.03 bits per heavy atom. The van der Waals surface area contributed by atoms with Crippen molar-refractivity contribution in [2.24, 2.45) is 0 Å². The molecule has 2 aromatic carbocycles. The molecule has 3 rings (SSSR count). The Balaban J connectivity index is 1.36. The van der Waals surface area contributed by atoms with Crippen molar-refractivity contribution in [3.8, 4) is 11.5 Å². The number of β-amino-alcohol motifs (C(OH)–C–C–N with tert-alkyl or cyclic N) is 1. The lowest BCUT2D eigenvalue weighted by molar-refractivity contribution is -0.133. The molecule has 0 radical (unpaired) electrons. The van der Waals surface area contributed by atoms with Crippen molar-refractivity contribution in [3.05, 3.63) is 59.7 Å². The minimum atomic E-state index is -0.671. The number of piperazine rings is 1. The molecule has 7 heteroatoms. The van der Waals surface area contributed by atoms with E-state index in [2.05, 4.69) is 17.0 Å². The summed E-state index contributed by atoms with van der Waals surface area (Å²) in [5, 5.41) is 10.4. The molecule has 1 N–H and O–H groups in total. The van der Waals surface area contributed by atoms with Crippen LogP contribution in [-0.2, 0) is 11.2 Å². The van der Waals surface area contributed by atoms with Crippen molar-refractivity contribution >= 4 is 11.7 Å². The first-order valence-corrected chi connectivity index (χ1v) is 11.5. The fraction of sp³-hybridized carbons (Fsp3) is 0.462. The molecule has 1 heterocycles. The van der Waals surface area contributed by atoms with Gasteiger partial charge in [-0.05, 0) is 43.5 Å². The highest BCUT2D eigenvalue weighted by Crippen LogP contribution is 2.28. The van der Waals surface area contributed by atoms with Crippen LogP contribution in [-0.4, -0.2) is 79.1 Å². The molecular weight excluding hydrogens is 420 g/mol. The van der Waals surface area contributed by atoms with Gasteiger partial charge in [-0.2, -0.15) is 0 Å². The minimum Gasteiger partial charge on any atom is -0.493 e. The smallest absolute Gasteiger partial charge is 0.222 e. The van der Waals surface area contributed by atoms with Crippen LogP contribution < -0.4 is 9.47 Å². The maximum Gasteiger partial charge on any atom is 0.222 e. The third-order valence-corrected chi connectivity index (χ3v) is 5.89. The van der Waals surface area contributed by atoms with E-state index in [0.29, 0.717) is 43.1 Å². The van der Waals surface area contributed by atoms with Gasteiger partial charge in [0.25, 0.3) is 0 Å². The lowest BCUT2D eigenvalue weighted by Gasteiger charge is -2.35. The number of Topliss-reactive ketones (excluding diaryl/α,β-unsaturated/α-hetero) is 1. The van der Waals surface area contributed by atoms with Crippen LogP contribution >= 0.6 is 0 Å². The highest BCUT2D eigenvalue weighted by molar-refractivity contribution is 5.94. The molecule has 1 fully saturated rings. The third kappa shape index (κ3) is 7.58. The first-order chi connectivity index (χ1) is 16.0. The van der Waals surface area contributed by atoms with Gasteiger partial charge in [0.2, 0.25) is 5.91 Å². The molecule has 7 nitrogen and oxygen atoms in total. The first kappa shape index (κ1) is 24.7. The molecule has 0 aliphatic carbocycles. The van der Waals surface area contributed by atoms with E-state index < -0.39 is 6.10 Å². The van der Waals surface area contributed by atoms with E-state index in [1.165, 1.54) is 19.6 Å². The number of aliphatic hydroxyl groups is 1. The highest BCUT2D eigenvalue weighted by atomic mass is 16.5. The van der Waals surface area contributed by atoms with Crippen LogP contribution in [0, 0.1) is 0 Å². The Hall–Kier alpha value is -2.90. The van der Waals surface area contributed by atoms with E-state index in [4.69, 9.17) is 9.47 Å². The summed E-state index contributed by atoms with van der Waals surface area (Å²) < 4.78 is 11.0. The zero-order valence-corrected chi connectivity index (χ0v) is 19.5. The topological polar surface area (TPSA) is 79.3 Å². The number of benzene rings is 2. The summed E-state index contributed by atoms with van der Waals surface area (Å²) in [6, 6.07) is 15.2. The quantitative estimate of drug-likeness (QED) is 0.526. The molecule has 2 aromatic rings. The number of aryl methyl sites for hydroxylation is 1. The summed E-state index contributed by atoms with van der Waals surface area (Å²) in [5.74, 6) is 1.12. The van der Waals surface area contributed by atoms with Crippen molar-refractivity contribution in [3.63, 3.8) is 0 Å². The van der Waals surface area contributed by atoms with Crippen molar-refractivity contribution in [1.29, 1.82) is 0 Å². The third-order valence-electron chi connectivity index (χ3n) is 5.89. The van der Waals surface area contributed by atoms with Gasteiger partial charge in [0, 0.05) is 44.7 Å². The maximum absolute atomic E-state index is 12.5. The number of aliphatic hydroxyl groups excluding tert-OH is 1. The molecule has 1 amide bonds. The zero-order chi connectivity index (χ0) is 23.6. The number of hydrogen-bond donors (Lipinski definition) is 1. The molecule has 1 aliphatic heterocycles. The Morgan fingerprint density at radius 3 is 2.42 bits per heavy atom. The fourth-order valence-electron chi connectivity index (χ4n) is 3.97. The number of ether oxygens (including phenoxy) is 2. The summed E-state index contributed by atoms with van der Waals surface area (Å²) in [6.07, 6.45) is 1.67. The van der Waals surface area contributed by atoms with Crippen molar-refractivity contribution < 1.29 is 24.2 Å². The van der Waals surface area contributed by atoms with E-state index in [1.807, 2.05) is 23.1 Å². The van der Waals surface area contributed by atoms with Crippen LogP contribution in [0.25, 0.3) is 0 Å². The Morgan fingerprint density at radius 2 is 1.76 bits per heavy atom. The summed E-state index contributed by atoms with van der Waals surface area (Å²) in [4.78, 5) is 28.1. The molecule has 1 aliphatic rings. The van der Waals surface area contributed by atoms with Gasteiger partial charge in [0.15, 0.2) is 17.3 Å². The predicted molar refractivity (Wildman–Crippen MR) is 127 cm³/mol. The molecule has 0 spiro atoms. The largest absolute Gasteiger partial charge is 0.493 e. The van der Waals surface area contributed by atoms with E-state index in [0.717, 1.165) is 25.9 Å². The fourth-order valence-corrected chi connectivity index (χ4v) is 3.97. The maximum atomic E-state index is 12.5. The number of carbonyl (C=O) groups is 2. The van der Waals surface area contributed by atoms with E-state index >= 15 is 0 Å². The molecular formula is C26H34N2O5. The Bertz CT molecular complexity index is 910. The number of amides is 1. The van der Waals surface area contributed by atoms with Crippen LogP contribution in [0.15, 0.2) is 48.5 Å². The lowest BCUT2D eigenvalue weighted by atomic mass is 10.1. The number of hydrogen-bond acceptors (Lipinski definition) is 6. The van der Waals surface area contributed by atoms with Gasteiger partial charge in [0.1, 0.15) is 12.7 Å². The van der Waals surface area contributed by atoms with Gasteiger partial charge in [-0.1, -0.05) is 30.3 Å². The summed E-state index contributed by atoms with van der Waals surface area (Å²) in [6.45, 7) is 4.92. The van der Waals surface area contributed by atoms with E-state index in [1.54, 1.807) is 18.2 Å². The average Bonchev–Trinajstić information content (AvgIpc) is 2.83. The van der Waals surface area contributed by atoms with E-state index in [9.17, 15) is 14.7 Å². The average molecular weight is 455 g/mol. The highest BCUT2D eigenvalue weighted by Gasteiger charge is 2.22. The van der Waals surface area contributed by atoms with E-state index in [-0.39, 0.29) is 18.3 Å². The number of carbonyl (C=O) groups excluding carboxylic acids is 2. The van der Waals surface area contributed by atoms with Gasteiger partial charge in [-0.3, -0.25) is 14.5 Å². The van der Waals surface area contributed by atoms with Crippen molar-refractivity contribution in [2.75, 3.05) is 46.4 Å². The van der Waals surface area contributed by atoms with Crippen LogP contribution in [0.4, 0.5) is 0 Å². The lowest BCUT2D eigenvalue weighted by Crippen LogP contribution is -2.50. The Kier molecular flexibility index (Phi) is 9.27. The van der Waals surface area contributed by atoms with Crippen LogP contribution in [0.2, 0.25) is 0 Å². The molecule has 0 bridgehead atoms. The second kappa shape index (κ2) is 12.4. The number of rotatable bonds is 11. The summed E-state index contributed by atoms with van der Waals surface area (Å²) >= 11 is 0. The van der Waals surface area contributed by atoms with Gasteiger partial charge >= 0.3 is 0 Å². The van der Waals surface area contributed by atoms with Crippen LogP contribution in [0.3, 0.4) is 0 Å². The van der Waals surface area contributed by atoms with Crippen molar-refractivity contribution in [1.82, 2.24) is 9.80 Å². The molecule has 1 saturated heterocycles. The van der Waals surface area contributed by atoms with Gasteiger partial charge in [-0.15, -0.1) is 0 Å². The molecule has 178 valence electrons. The normalized spacial score (nSPS) is 15.2. The number of methoxy groups -OCH3 is 1. The summed E-state index contributed by atoms with van der Waals surface area (Å²) in [5.41, 5.74) is 1.81. The minimum absolute atomic E-state index is 0.0475. The first-order valence-electron chi connectivity index (χ1n) is 11.5. The SMILES string of the molecule is COc1cc(C(C)=O)ccc1OCC(O)CN1CCN(C(=O)CCCc2ccccc2)CC1. The molecule has 33 heavy (non-hydrogen) atoms. The van der Waals surface area contributed by atoms with Crippen LogP contribution in [0.1, 0.15) is 35.7 Å². The molecule has 1 unspecified atom stereocenters. The number of ketones is 1. The molecule has 0 saturated carbocycles. The monoisotopic (exact) mass is 454 g/mol. The van der Waals surface area contributed by atoms with Crippen LogP contribution in [0.5, 0.6) is 11.5 Å². The standard InChI is InChI=1S/C26H34N2O5/c1-20(29)22-11-12-24(25(17-22)32-2)33-19-23(30)18-27-13-15-28(16-14-27)26(31)10-6-9-21-7-4-3-5-8-21/h3-5,7-8,11-12,17,23,30H,6,9-10,13-16,18-19H2,1-2H3. The number of nitrogens with zero attached hydrogens (tertiary/aromatic N) is 2. The second-order valence-electron chi connectivity index (χ2n) is 8.41. The van der Waals surface area contributed by atoms with Gasteiger partial charge < -0.3 is 19.5 Å². The Labute approximate surface area is 195 Å². The van der Waals surface area contributed by atoms with Gasteiger partial charge in [0.05, 0.1) is 7.11 Å². The van der Waals surface area contributed by atoms with Crippen molar-refractivity contribution in [2.45, 2.75) is 32.3 Å². The van der Waals surface area contributed by atoms with Gasteiger partial charge in [-0.25, -0.2) is 0 Å². The zero-order valence-electron chi connectivity index (χ0n) is 19.5.